The van der Waals surface area contributed by atoms with Crippen molar-refractivity contribution in [2.45, 2.75) is 32.2 Å². The molecule has 0 spiro atoms. The number of rotatable bonds is 5. The van der Waals surface area contributed by atoms with Gasteiger partial charge < -0.3 is 5.32 Å². The lowest BCUT2D eigenvalue weighted by Crippen LogP contribution is -2.14. The molecule has 0 aliphatic carbocycles. The third kappa shape index (κ3) is 3.45. The number of aryl methyl sites for hydroxylation is 1. The standard InChI is InChI=1S/C14H18N4O3S/c1-4-18-10(2)14(9-15-18)17-22(20,21)13-7-5-12(6-8-13)16-11(3)19/h5-9,17H,4H2,1-3H3,(H,16,19). The highest BCUT2D eigenvalue weighted by Crippen LogP contribution is 2.20. The van der Waals surface area contributed by atoms with Crippen LogP contribution in [-0.2, 0) is 21.4 Å². The van der Waals surface area contributed by atoms with Crippen molar-refractivity contribution < 1.29 is 13.2 Å². The zero-order valence-electron chi connectivity index (χ0n) is 12.6. The Kier molecular flexibility index (Phi) is 4.51. The molecule has 2 rings (SSSR count). The third-order valence-corrected chi connectivity index (χ3v) is 4.51. The Balaban J connectivity index is 2.22. The zero-order valence-corrected chi connectivity index (χ0v) is 13.4. The summed E-state index contributed by atoms with van der Waals surface area (Å²) in [5.74, 6) is -0.212. The molecule has 0 bridgehead atoms. The van der Waals surface area contributed by atoms with Crippen molar-refractivity contribution in [3.8, 4) is 0 Å². The summed E-state index contributed by atoms with van der Waals surface area (Å²) in [4.78, 5) is 11.1. The van der Waals surface area contributed by atoms with Gasteiger partial charge in [-0.15, -0.1) is 0 Å². The fourth-order valence-corrected chi connectivity index (χ4v) is 3.09. The van der Waals surface area contributed by atoms with E-state index in [2.05, 4.69) is 15.1 Å². The lowest BCUT2D eigenvalue weighted by Gasteiger charge is -2.09. The number of amides is 1. The molecule has 0 saturated carbocycles. The molecular weight excluding hydrogens is 304 g/mol. The van der Waals surface area contributed by atoms with Crippen LogP contribution in [0.4, 0.5) is 11.4 Å². The number of hydrogen-bond acceptors (Lipinski definition) is 4. The van der Waals surface area contributed by atoms with Gasteiger partial charge in [-0.2, -0.15) is 5.10 Å². The number of nitrogens with one attached hydrogen (secondary N) is 2. The molecule has 118 valence electrons. The van der Waals surface area contributed by atoms with E-state index in [-0.39, 0.29) is 10.8 Å². The number of aromatic nitrogens is 2. The molecule has 22 heavy (non-hydrogen) atoms. The molecular formula is C14H18N4O3S. The Hall–Kier alpha value is -2.35. The van der Waals surface area contributed by atoms with E-state index in [0.29, 0.717) is 17.9 Å². The van der Waals surface area contributed by atoms with Gasteiger partial charge in [0, 0.05) is 19.2 Å². The van der Waals surface area contributed by atoms with E-state index in [4.69, 9.17) is 0 Å². The first-order chi connectivity index (χ1) is 10.3. The lowest BCUT2D eigenvalue weighted by atomic mass is 10.3. The van der Waals surface area contributed by atoms with Crippen molar-refractivity contribution in [1.29, 1.82) is 0 Å². The monoisotopic (exact) mass is 322 g/mol. The number of carbonyl (C=O) groups is 1. The zero-order chi connectivity index (χ0) is 16.3. The molecule has 1 heterocycles. The molecule has 2 N–H and O–H groups in total. The van der Waals surface area contributed by atoms with Crippen LogP contribution >= 0.6 is 0 Å². The molecule has 1 aromatic carbocycles. The number of carbonyl (C=O) groups excluding carboxylic acids is 1. The summed E-state index contributed by atoms with van der Waals surface area (Å²) >= 11 is 0. The molecule has 0 aliphatic rings. The Bertz CT molecular complexity index is 779. The predicted octanol–water partition coefficient (Wildman–Crippen LogP) is 1.97. The molecule has 1 aromatic heterocycles. The van der Waals surface area contributed by atoms with Gasteiger partial charge in [0.2, 0.25) is 5.91 Å². The van der Waals surface area contributed by atoms with Crippen molar-refractivity contribution >= 4 is 27.3 Å². The van der Waals surface area contributed by atoms with Gasteiger partial charge in [0.25, 0.3) is 10.0 Å². The molecule has 0 aliphatic heterocycles. The maximum Gasteiger partial charge on any atom is 0.262 e. The number of benzene rings is 1. The summed E-state index contributed by atoms with van der Waals surface area (Å²) in [6.07, 6.45) is 1.49. The van der Waals surface area contributed by atoms with Gasteiger partial charge in [0.1, 0.15) is 0 Å². The number of nitrogens with zero attached hydrogens (tertiary/aromatic N) is 2. The van der Waals surface area contributed by atoms with Gasteiger partial charge in [0.15, 0.2) is 0 Å². The van der Waals surface area contributed by atoms with Crippen LogP contribution in [-0.4, -0.2) is 24.1 Å². The Morgan fingerprint density at radius 2 is 1.91 bits per heavy atom. The average molecular weight is 322 g/mol. The molecule has 2 aromatic rings. The molecule has 0 atom stereocenters. The normalized spacial score (nSPS) is 11.2. The van der Waals surface area contributed by atoms with Crippen LogP contribution in [0, 0.1) is 6.92 Å². The Morgan fingerprint density at radius 3 is 2.41 bits per heavy atom. The highest BCUT2D eigenvalue weighted by atomic mass is 32.2. The van der Waals surface area contributed by atoms with Crippen LogP contribution in [0.25, 0.3) is 0 Å². The number of sulfonamides is 1. The first-order valence-corrected chi connectivity index (χ1v) is 8.24. The minimum absolute atomic E-state index is 0.116. The van der Waals surface area contributed by atoms with E-state index in [1.54, 1.807) is 11.6 Å². The highest BCUT2D eigenvalue weighted by molar-refractivity contribution is 7.92. The Labute approximate surface area is 129 Å². The molecule has 0 saturated heterocycles. The van der Waals surface area contributed by atoms with Crippen molar-refractivity contribution in [3.05, 3.63) is 36.2 Å². The van der Waals surface area contributed by atoms with Crippen LogP contribution < -0.4 is 10.0 Å². The Morgan fingerprint density at radius 1 is 1.27 bits per heavy atom. The predicted molar refractivity (Wildman–Crippen MR) is 84.2 cm³/mol. The van der Waals surface area contributed by atoms with Crippen molar-refractivity contribution in [2.24, 2.45) is 0 Å². The van der Waals surface area contributed by atoms with E-state index >= 15 is 0 Å². The van der Waals surface area contributed by atoms with Crippen LogP contribution in [0.2, 0.25) is 0 Å². The second-order valence-electron chi connectivity index (χ2n) is 4.77. The van der Waals surface area contributed by atoms with Gasteiger partial charge in [-0.05, 0) is 38.1 Å². The van der Waals surface area contributed by atoms with Gasteiger partial charge in [-0.25, -0.2) is 8.42 Å². The van der Waals surface area contributed by atoms with Crippen molar-refractivity contribution in [1.82, 2.24) is 9.78 Å². The van der Waals surface area contributed by atoms with E-state index in [1.165, 1.54) is 37.4 Å². The number of hydrogen-bond donors (Lipinski definition) is 2. The van der Waals surface area contributed by atoms with Crippen molar-refractivity contribution in [2.75, 3.05) is 10.0 Å². The van der Waals surface area contributed by atoms with Gasteiger partial charge in [-0.1, -0.05) is 0 Å². The molecule has 1 amide bonds. The van der Waals surface area contributed by atoms with Crippen molar-refractivity contribution in [3.63, 3.8) is 0 Å². The van der Waals surface area contributed by atoms with E-state index in [1.807, 2.05) is 6.92 Å². The van der Waals surface area contributed by atoms with Crippen LogP contribution in [0.1, 0.15) is 19.5 Å². The summed E-state index contributed by atoms with van der Waals surface area (Å²) in [6.45, 7) is 5.78. The topological polar surface area (TPSA) is 93.1 Å². The number of anilines is 2. The molecule has 0 fully saturated rings. The lowest BCUT2D eigenvalue weighted by molar-refractivity contribution is -0.114. The molecule has 7 nitrogen and oxygen atoms in total. The second-order valence-corrected chi connectivity index (χ2v) is 6.45. The van der Waals surface area contributed by atoms with Gasteiger partial charge in [0.05, 0.1) is 22.5 Å². The van der Waals surface area contributed by atoms with Crippen LogP contribution in [0.5, 0.6) is 0 Å². The summed E-state index contributed by atoms with van der Waals surface area (Å²) in [6, 6.07) is 5.96. The minimum atomic E-state index is -3.69. The van der Waals surface area contributed by atoms with Crippen LogP contribution in [0.15, 0.2) is 35.4 Å². The van der Waals surface area contributed by atoms with E-state index in [0.717, 1.165) is 5.69 Å². The van der Waals surface area contributed by atoms with E-state index < -0.39 is 10.0 Å². The van der Waals surface area contributed by atoms with Gasteiger partial charge in [-0.3, -0.25) is 14.2 Å². The second kappa shape index (κ2) is 6.18. The average Bonchev–Trinajstić information content (AvgIpc) is 2.79. The quantitative estimate of drug-likeness (QED) is 0.880. The molecule has 0 unspecified atom stereocenters. The first-order valence-electron chi connectivity index (χ1n) is 6.76. The maximum absolute atomic E-state index is 12.3. The summed E-state index contributed by atoms with van der Waals surface area (Å²) in [5, 5.41) is 6.69. The minimum Gasteiger partial charge on any atom is -0.326 e. The molecule has 0 radical (unpaired) electrons. The first kappa shape index (κ1) is 16.0. The SMILES string of the molecule is CCn1ncc(NS(=O)(=O)c2ccc(NC(C)=O)cc2)c1C. The smallest absolute Gasteiger partial charge is 0.262 e. The van der Waals surface area contributed by atoms with Crippen LogP contribution in [0.3, 0.4) is 0 Å². The summed E-state index contributed by atoms with van der Waals surface area (Å²) in [5.41, 5.74) is 1.75. The maximum atomic E-state index is 12.3. The largest absolute Gasteiger partial charge is 0.326 e. The summed E-state index contributed by atoms with van der Waals surface area (Å²) in [7, 11) is -3.69. The fourth-order valence-electron chi connectivity index (χ4n) is 1.99. The summed E-state index contributed by atoms with van der Waals surface area (Å²) < 4.78 is 28.9. The highest BCUT2D eigenvalue weighted by Gasteiger charge is 2.17. The van der Waals surface area contributed by atoms with E-state index in [9.17, 15) is 13.2 Å². The third-order valence-electron chi connectivity index (χ3n) is 3.13. The fraction of sp³-hybridized carbons (Fsp3) is 0.286. The van der Waals surface area contributed by atoms with Gasteiger partial charge >= 0.3 is 0 Å². The molecule has 8 heteroatoms.